The number of hydrogen-bond acceptors (Lipinski definition) is 4. The van der Waals surface area contributed by atoms with Crippen molar-refractivity contribution in [2.45, 2.75) is 25.4 Å². The summed E-state index contributed by atoms with van der Waals surface area (Å²) in [7, 11) is 0. The summed E-state index contributed by atoms with van der Waals surface area (Å²) in [6.07, 6.45) is -7.71. The van der Waals surface area contributed by atoms with Crippen molar-refractivity contribution in [2.24, 2.45) is 0 Å². The number of nitrogens with zero attached hydrogens (tertiary/aromatic N) is 3. The van der Waals surface area contributed by atoms with E-state index in [1.54, 1.807) is 12.1 Å². The Bertz CT molecular complexity index is 1380. The topological polar surface area (TPSA) is 60.0 Å². The maximum atomic E-state index is 14.1. The minimum atomic E-state index is -4.93. The molecular formula is C22H15ClF5N3O2S. The highest BCUT2D eigenvalue weighted by atomic mass is 35.5. The predicted molar refractivity (Wildman–Crippen MR) is 118 cm³/mol. The highest BCUT2D eigenvalue weighted by molar-refractivity contribution is 7.15. The van der Waals surface area contributed by atoms with Crippen LogP contribution < -0.4 is 5.69 Å². The lowest BCUT2D eigenvalue weighted by Gasteiger charge is -2.15. The molecule has 0 saturated carbocycles. The van der Waals surface area contributed by atoms with E-state index in [-0.39, 0.29) is 17.9 Å². The number of halogens is 6. The second-order valence-corrected chi connectivity index (χ2v) is 8.91. The third-order valence-electron chi connectivity index (χ3n) is 4.94. The molecule has 0 aliphatic carbocycles. The van der Waals surface area contributed by atoms with Crippen LogP contribution in [0.5, 0.6) is 0 Å². The fourth-order valence-electron chi connectivity index (χ4n) is 3.25. The molecule has 34 heavy (non-hydrogen) atoms. The number of aromatic nitrogens is 3. The minimum absolute atomic E-state index is 0.0456. The van der Waals surface area contributed by atoms with Gasteiger partial charge in [-0.3, -0.25) is 4.57 Å². The number of hydrogen-bond donors (Lipinski definition) is 1. The Kier molecular flexibility index (Phi) is 6.61. The first kappa shape index (κ1) is 24.1. The first-order valence-corrected chi connectivity index (χ1v) is 11.0. The Morgan fingerprint density at radius 3 is 2.44 bits per heavy atom. The summed E-state index contributed by atoms with van der Waals surface area (Å²) in [5.74, 6) is -2.10. The first-order valence-electron chi connectivity index (χ1n) is 9.76. The van der Waals surface area contributed by atoms with E-state index in [0.29, 0.717) is 20.3 Å². The fraction of sp³-hybridized carbons (Fsp3) is 0.182. The van der Waals surface area contributed by atoms with Crippen molar-refractivity contribution in [3.63, 3.8) is 0 Å². The van der Waals surface area contributed by atoms with Gasteiger partial charge in [0.25, 0.3) is 0 Å². The highest BCUT2D eigenvalue weighted by Gasteiger charge is 2.39. The third kappa shape index (κ3) is 4.91. The second-order valence-electron chi connectivity index (χ2n) is 7.31. The molecule has 5 nitrogen and oxygen atoms in total. The van der Waals surface area contributed by atoms with Crippen LogP contribution in [0, 0.1) is 11.6 Å². The van der Waals surface area contributed by atoms with Gasteiger partial charge in [0.05, 0.1) is 13.1 Å². The van der Waals surface area contributed by atoms with Crippen LogP contribution in [0.25, 0.3) is 21.8 Å². The van der Waals surface area contributed by atoms with Crippen LogP contribution in [-0.4, -0.2) is 31.7 Å². The van der Waals surface area contributed by atoms with Gasteiger partial charge in [-0.1, -0.05) is 23.7 Å². The van der Waals surface area contributed by atoms with Gasteiger partial charge in [-0.05, 0) is 42.5 Å². The lowest BCUT2D eigenvalue weighted by atomic mass is 10.2. The molecule has 0 aliphatic heterocycles. The Hall–Kier alpha value is -3.02. The molecule has 12 heteroatoms. The van der Waals surface area contributed by atoms with E-state index in [1.165, 1.54) is 36.4 Å². The number of aliphatic hydroxyl groups excluding tert-OH is 1. The molecule has 0 bridgehead atoms. The summed E-state index contributed by atoms with van der Waals surface area (Å²) < 4.78 is 68.3. The number of thiophene rings is 1. The summed E-state index contributed by atoms with van der Waals surface area (Å²) in [4.78, 5) is 13.9. The first-order chi connectivity index (χ1) is 16.0. The van der Waals surface area contributed by atoms with E-state index in [4.69, 9.17) is 11.6 Å². The molecule has 178 valence electrons. The predicted octanol–water partition coefficient (Wildman–Crippen LogP) is 5.34. The van der Waals surface area contributed by atoms with Crippen molar-refractivity contribution in [1.82, 2.24) is 14.3 Å². The molecule has 2 aromatic heterocycles. The lowest BCUT2D eigenvalue weighted by molar-refractivity contribution is -0.207. The standard InChI is InChI=1S/C22H15ClF5N3O2S/c23-13-6-4-12(5-7-13)20-29-31(21(33)30(20)11-18(32)22(26,27)28)10-14-8-9-17(34-14)15-2-1-3-16(24)19(15)25/h1-9,18,32H,10-11H2. The van der Waals surface area contributed by atoms with Crippen molar-refractivity contribution in [3.05, 3.63) is 86.6 Å². The molecule has 0 aliphatic rings. The Morgan fingerprint density at radius 1 is 1.06 bits per heavy atom. The Balaban J connectivity index is 1.71. The summed E-state index contributed by atoms with van der Waals surface area (Å²) in [5.41, 5.74) is -0.507. The van der Waals surface area contributed by atoms with Gasteiger partial charge < -0.3 is 5.11 Å². The van der Waals surface area contributed by atoms with Crippen LogP contribution in [0.1, 0.15) is 4.88 Å². The van der Waals surface area contributed by atoms with E-state index in [9.17, 15) is 31.9 Å². The summed E-state index contributed by atoms with van der Waals surface area (Å²) in [6.45, 7) is -1.18. The van der Waals surface area contributed by atoms with E-state index in [0.717, 1.165) is 26.7 Å². The molecule has 2 aromatic carbocycles. The maximum Gasteiger partial charge on any atom is 0.416 e. The Labute approximate surface area is 198 Å². The van der Waals surface area contributed by atoms with Crippen molar-refractivity contribution in [2.75, 3.05) is 0 Å². The average molecular weight is 516 g/mol. The molecule has 1 unspecified atom stereocenters. The monoisotopic (exact) mass is 515 g/mol. The van der Waals surface area contributed by atoms with Crippen LogP contribution in [-0.2, 0) is 13.1 Å². The quantitative estimate of drug-likeness (QED) is 0.352. The molecule has 0 spiro atoms. The van der Waals surface area contributed by atoms with Gasteiger partial charge in [-0.15, -0.1) is 16.4 Å². The normalized spacial score (nSPS) is 12.8. The van der Waals surface area contributed by atoms with Crippen LogP contribution in [0.2, 0.25) is 5.02 Å². The largest absolute Gasteiger partial charge is 0.416 e. The Morgan fingerprint density at radius 2 is 1.76 bits per heavy atom. The molecule has 1 N–H and O–H groups in total. The summed E-state index contributed by atoms with van der Waals surface area (Å²) in [6, 6.07) is 12.9. The van der Waals surface area contributed by atoms with Crippen molar-refractivity contribution < 1.29 is 27.1 Å². The van der Waals surface area contributed by atoms with E-state index in [2.05, 4.69) is 5.10 Å². The van der Waals surface area contributed by atoms with Crippen LogP contribution in [0.15, 0.2) is 59.4 Å². The van der Waals surface area contributed by atoms with Gasteiger partial charge >= 0.3 is 11.9 Å². The number of rotatable bonds is 6. The van der Waals surface area contributed by atoms with Crippen LogP contribution >= 0.6 is 22.9 Å². The zero-order valence-electron chi connectivity index (χ0n) is 17.1. The van der Waals surface area contributed by atoms with Crippen LogP contribution in [0.3, 0.4) is 0 Å². The molecule has 0 saturated heterocycles. The van der Waals surface area contributed by atoms with E-state index in [1.807, 2.05) is 0 Å². The van der Waals surface area contributed by atoms with Gasteiger partial charge in [-0.2, -0.15) is 13.2 Å². The molecular weight excluding hydrogens is 501 g/mol. The SMILES string of the molecule is O=c1n(Cc2ccc(-c3cccc(F)c3F)s2)nc(-c2ccc(Cl)cc2)n1CC(O)C(F)(F)F. The van der Waals surface area contributed by atoms with Gasteiger partial charge in [0, 0.05) is 25.9 Å². The average Bonchev–Trinajstić information content (AvgIpc) is 3.36. The lowest BCUT2D eigenvalue weighted by Crippen LogP contribution is -2.37. The zero-order valence-corrected chi connectivity index (χ0v) is 18.6. The zero-order chi connectivity index (χ0) is 24.6. The molecule has 4 rings (SSSR count). The second kappa shape index (κ2) is 9.32. The molecule has 1 atom stereocenters. The van der Waals surface area contributed by atoms with Gasteiger partial charge in [-0.25, -0.2) is 18.3 Å². The maximum absolute atomic E-state index is 14.1. The fourth-order valence-corrected chi connectivity index (χ4v) is 4.38. The molecule has 0 radical (unpaired) electrons. The van der Waals surface area contributed by atoms with Crippen molar-refractivity contribution >= 4 is 22.9 Å². The number of aliphatic hydroxyl groups is 1. The van der Waals surface area contributed by atoms with E-state index < -0.39 is 36.1 Å². The number of alkyl halides is 3. The molecule has 0 fully saturated rings. The van der Waals surface area contributed by atoms with Gasteiger partial charge in [0.1, 0.15) is 0 Å². The number of benzene rings is 2. The smallest absolute Gasteiger partial charge is 0.382 e. The van der Waals surface area contributed by atoms with Gasteiger partial charge in [0.2, 0.25) is 0 Å². The summed E-state index contributed by atoms with van der Waals surface area (Å²) in [5, 5.41) is 14.1. The van der Waals surface area contributed by atoms with Crippen LogP contribution in [0.4, 0.5) is 22.0 Å². The summed E-state index contributed by atoms with van der Waals surface area (Å²) >= 11 is 6.95. The molecule has 2 heterocycles. The van der Waals surface area contributed by atoms with Crippen molar-refractivity contribution in [3.8, 4) is 21.8 Å². The van der Waals surface area contributed by atoms with Gasteiger partial charge in [0.15, 0.2) is 23.6 Å². The van der Waals surface area contributed by atoms with E-state index >= 15 is 0 Å². The van der Waals surface area contributed by atoms with Crippen molar-refractivity contribution in [1.29, 1.82) is 0 Å². The molecule has 0 amide bonds. The minimum Gasteiger partial charge on any atom is -0.382 e. The molecule has 4 aromatic rings. The third-order valence-corrected chi connectivity index (χ3v) is 6.30. The highest BCUT2D eigenvalue weighted by Crippen LogP contribution is 2.31.